The van der Waals surface area contributed by atoms with Crippen LogP contribution in [0.25, 0.3) is 21.1 Å². The SMILES string of the molecule is C=CCO/N=C1\CCN(S(C)(=O)=O)c2ncc(-c3sc(-c4cccnc4)nc3C)nc21. The van der Waals surface area contributed by atoms with Gasteiger partial charge in [-0.15, -0.1) is 11.3 Å². The normalized spacial score (nSPS) is 15.0. The van der Waals surface area contributed by atoms with Gasteiger partial charge in [-0.1, -0.05) is 17.8 Å². The number of aromatic nitrogens is 4. The molecule has 11 heteroatoms. The van der Waals surface area contributed by atoms with E-state index in [1.807, 2.05) is 19.1 Å². The summed E-state index contributed by atoms with van der Waals surface area (Å²) in [5.41, 5.74) is 3.23. The molecule has 3 aromatic rings. The van der Waals surface area contributed by atoms with Crippen molar-refractivity contribution >= 4 is 32.9 Å². The maximum atomic E-state index is 12.2. The average molecular weight is 457 g/mol. The van der Waals surface area contributed by atoms with E-state index in [0.29, 0.717) is 23.5 Å². The van der Waals surface area contributed by atoms with Gasteiger partial charge in [0.1, 0.15) is 28.7 Å². The Morgan fingerprint density at radius 2 is 2.19 bits per heavy atom. The topological polar surface area (TPSA) is 111 Å². The Hall–Kier alpha value is -3.18. The van der Waals surface area contributed by atoms with E-state index in [-0.39, 0.29) is 19.0 Å². The maximum absolute atomic E-state index is 12.2. The lowest BCUT2D eigenvalue weighted by Gasteiger charge is -2.27. The lowest BCUT2D eigenvalue weighted by Crippen LogP contribution is -2.38. The Kier molecular flexibility index (Phi) is 5.79. The van der Waals surface area contributed by atoms with E-state index < -0.39 is 10.0 Å². The molecule has 0 fully saturated rings. The van der Waals surface area contributed by atoms with Crippen LogP contribution >= 0.6 is 11.3 Å². The van der Waals surface area contributed by atoms with Crippen LogP contribution in [0.5, 0.6) is 0 Å². The van der Waals surface area contributed by atoms with Gasteiger partial charge in [0.25, 0.3) is 0 Å². The van der Waals surface area contributed by atoms with Gasteiger partial charge >= 0.3 is 0 Å². The molecule has 0 radical (unpaired) electrons. The van der Waals surface area contributed by atoms with Gasteiger partial charge in [-0.3, -0.25) is 9.29 Å². The van der Waals surface area contributed by atoms with Crippen LogP contribution in [0, 0.1) is 6.92 Å². The van der Waals surface area contributed by atoms with Crippen LogP contribution in [0.1, 0.15) is 17.8 Å². The molecular weight excluding hydrogens is 436 g/mol. The number of nitrogens with zero attached hydrogens (tertiary/aromatic N) is 6. The fourth-order valence-electron chi connectivity index (χ4n) is 3.13. The van der Waals surface area contributed by atoms with Crippen LogP contribution < -0.4 is 4.31 Å². The van der Waals surface area contributed by atoms with E-state index in [4.69, 9.17) is 9.82 Å². The Morgan fingerprint density at radius 1 is 1.35 bits per heavy atom. The van der Waals surface area contributed by atoms with E-state index in [9.17, 15) is 8.42 Å². The lowest BCUT2D eigenvalue weighted by molar-refractivity contribution is 0.174. The summed E-state index contributed by atoms with van der Waals surface area (Å²) in [6.07, 6.45) is 8.13. The predicted octanol–water partition coefficient (Wildman–Crippen LogP) is 3.05. The predicted molar refractivity (Wildman–Crippen MR) is 121 cm³/mol. The fraction of sp³-hybridized carbons (Fsp3) is 0.250. The zero-order valence-electron chi connectivity index (χ0n) is 17.0. The van der Waals surface area contributed by atoms with Crippen LogP contribution in [0.2, 0.25) is 0 Å². The Labute approximate surface area is 184 Å². The summed E-state index contributed by atoms with van der Waals surface area (Å²) < 4.78 is 25.7. The highest BCUT2D eigenvalue weighted by Gasteiger charge is 2.31. The molecule has 4 rings (SSSR count). The molecule has 0 spiro atoms. The highest BCUT2D eigenvalue weighted by molar-refractivity contribution is 7.92. The molecule has 0 aliphatic carbocycles. The molecule has 1 aliphatic heterocycles. The quantitative estimate of drug-likeness (QED) is 0.318. The number of pyridine rings is 1. The summed E-state index contributed by atoms with van der Waals surface area (Å²) in [7, 11) is -3.50. The van der Waals surface area contributed by atoms with Crippen LogP contribution in [0.3, 0.4) is 0 Å². The molecule has 31 heavy (non-hydrogen) atoms. The summed E-state index contributed by atoms with van der Waals surface area (Å²) in [5, 5.41) is 4.96. The molecule has 0 aromatic carbocycles. The van der Waals surface area contributed by atoms with Gasteiger partial charge in [-0.2, -0.15) is 0 Å². The van der Waals surface area contributed by atoms with Crippen LogP contribution in [0.4, 0.5) is 5.82 Å². The summed E-state index contributed by atoms with van der Waals surface area (Å²) in [4.78, 5) is 24.0. The minimum atomic E-state index is -3.50. The molecular formula is C20H20N6O3S2. The number of thiazole rings is 1. The average Bonchev–Trinajstić information content (AvgIpc) is 3.15. The third kappa shape index (κ3) is 4.32. The van der Waals surface area contributed by atoms with Crippen LogP contribution in [-0.2, 0) is 14.9 Å². The van der Waals surface area contributed by atoms with Crippen molar-refractivity contribution in [1.82, 2.24) is 19.9 Å². The highest BCUT2D eigenvalue weighted by atomic mass is 32.2. The molecule has 4 heterocycles. The molecule has 0 saturated carbocycles. The van der Waals surface area contributed by atoms with Gasteiger partial charge in [-0.05, 0) is 19.1 Å². The molecule has 160 valence electrons. The third-order valence-corrected chi connectivity index (χ3v) is 6.90. The van der Waals surface area contributed by atoms with E-state index in [2.05, 4.69) is 26.7 Å². The van der Waals surface area contributed by atoms with Gasteiger partial charge in [0, 0.05) is 30.9 Å². The smallest absolute Gasteiger partial charge is 0.233 e. The van der Waals surface area contributed by atoms with Crippen molar-refractivity contribution in [2.75, 3.05) is 23.7 Å². The Balaban J connectivity index is 1.80. The van der Waals surface area contributed by atoms with E-state index >= 15 is 0 Å². The second-order valence-electron chi connectivity index (χ2n) is 6.81. The molecule has 9 nitrogen and oxygen atoms in total. The number of anilines is 1. The van der Waals surface area contributed by atoms with Crippen molar-refractivity contribution in [3.63, 3.8) is 0 Å². The third-order valence-electron chi connectivity index (χ3n) is 4.52. The number of sulfonamides is 1. The first kappa shape index (κ1) is 21.1. The monoisotopic (exact) mass is 456 g/mol. The number of fused-ring (bicyclic) bond motifs is 1. The van der Waals surface area contributed by atoms with Crippen molar-refractivity contribution in [3.8, 4) is 21.1 Å². The number of oxime groups is 1. The Morgan fingerprint density at radius 3 is 2.90 bits per heavy atom. The van der Waals surface area contributed by atoms with E-state index in [1.165, 1.54) is 15.6 Å². The zero-order valence-corrected chi connectivity index (χ0v) is 18.7. The zero-order chi connectivity index (χ0) is 22.0. The van der Waals surface area contributed by atoms with Gasteiger partial charge in [-0.25, -0.2) is 23.4 Å². The highest BCUT2D eigenvalue weighted by Crippen LogP contribution is 2.35. The largest absolute Gasteiger partial charge is 0.391 e. The summed E-state index contributed by atoms with van der Waals surface area (Å²) in [6, 6.07) is 3.80. The maximum Gasteiger partial charge on any atom is 0.233 e. The van der Waals surface area contributed by atoms with Crippen molar-refractivity contribution < 1.29 is 13.3 Å². The molecule has 1 aliphatic rings. The van der Waals surface area contributed by atoms with Crippen LogP contribution in [0.15, 0.2) is 48.5 Å². The van der Waals surface area contributed by atoms with Crippen molar-refractivity contribution in [2.45, 2.75) is 13.3 Å². The first-order valence-electron chi connectivity index (χ1n) is 9.41. The van der Waals surface area contributed by atoms with E-state index in [1.54, 1.807) is 24.7 Å². The van der Waals surface area contributed by atoms with Gasteiger partial charge in [0.05, 0.1) is 23.0 Å². The summed E-state index contributed by atoms with van der Waals surface area (Å²) in [6.45, 7) is 5.97. The van der Waals surface area contributed by atoms with Crippen molar-refractivity contribution in [3.05, 3.63) is 54.8 Å². The van der Waals surface area contributed by atoms with Crippen LogP contribution in [-0.4, -0.2) is 53.5 Å². The number of hydrogen-bond donors (Lipinski definition) is 0. The number of hydrogen-bond acceptors (Lipinski definition) is 9. The minimum absolute atomic E-state index is 0.223. The Bertz CT molecular complexity index is 1260. The molecule has 3 aromatic heterocycles. The van der Waals surface area contributed by atoms with E-state index in [0.717, 1.165) is 27.4 Å². The molecule has 0 unspecified atom stereocenters. The fourth-order valence-corrected chi connectivity index (χ4v) is 5.01. The van der Waals surface area contributed by atoms with Crippen molar-refractivity contribution in [2.24, 2.45) is 5.16 Å². The van der Waals surface area contributed by atoms with Gasteiger partial charge in [0.2, 0.25) is 10.0 Å². The van der Waals surface area contributed by atoms with Gasteiger partial charge < -0.3 is 4.84 Å². The molecule has 0 N–H and O–H groups in total. The number of aryl methyl sites for hydroxylation is 1. The molecule has 0 atom stereocenters. The molecule has 0 bridgehead atoms. The second kappa shape index (κ2) is 8.52. The lowest BCUT2D eigenvalue weighted by atomic mass is 10.1. The summed E-state index contributed by atoms with van der Waals surface area (Å²) >= 11 is 1.48. The molecule has 0 saturated heterocycles. The van der Waals surface area contributed by atoms with Crippen molar-refractivity contribution in [1.29, 1.82) is 0 Å². The first-order chi connectivity index (χ1) is 14.9. The molecule has 0 amide bonds. The summed E-state index contributed by atoms with van der Waals surface area (Å²) in [5.74, 6) is 0.244. The van der Waals surface area contributed by atoms with Gasteiger partial charge in [0.15, 0.2) is 5.82 Å². The number of rotatable bonds is 6. The first-order valence-corrected chi connectivity index (χ1v) is 12.1. The minimum Gasteiger partial charge on any atom is -0.391 e. The standard InChI is InChI=1S/C20H20N6O3S2/c1-4-10-29-25-15-7-9-26(31(3,27)28)19-17(15)24-16(12-22-19)18-13(2)23-20(30-18)14-6-5-8-21-11-14/h4-6,8,11-12H,1,7,9-10H2,2-3H3/b25-15+. The second-order valence-corrected chi connectivity index (χ2v) is 9.72.